The summed E-state index contributed by atoms with van der Waals surface area (Å²) in [5.74, 6) is -0.130. The summed E-state index contributed by atoms with van der Waals surface area (Å²) in [6, 6.07) is 7.31. The number of rotatable bonds is 6. The highest BCUT2D eigenvalue weighted by molar-refractivity contribution is 9.10. The van der Waals surface area contributed by atoms with Gasteiger partial charge in [-0.15, -0.1) is 0 Å². The number of benzene rings is 1. The average molecular weight is 349 g/mol. The van der Waals surface area contributed by atoms with E-state index in [0.717, 1.165) is 4.47 Å². The third-order valence-electron chi connectivity index (χ3n) is 2.41. The molecule has 1 aromatic rings. The van der Waals surface area contributed by atoms with Crippen molar-refractivity contribution < 1.29 is 13.2 Å². The highest BCUT2D eigenvalue weighted by Crippen LogP contribution is 2.20. The quantitative estimate of drug-likeness (QED) is 0.842. The normalized spacial score (nSPS) is 11.6. The SMILES string of the molecule is CN(CCS(C)(=O)=O)CC(=O)Nc1ccccc1Br. The van der Waals surface area contributed by atoms with Crippen molar-refractivity contribution in [3.8, 4) is 0 Å². The maximum Gasteiger partial charge on any atom is 0.238 e. The first-order valence-electron chi connectivity index (χ1n) is 5.68. The summed E-state index contributed by atoms with van der Waals surface area (Å²) in [5, 5.41) is 2.76. The van der Waals surface area contributed by atoms with Crippen molar-refractivity contribution in [3.05, 3.63) is 28.7 Å². The van der Waals surface area contributed by atoms with Crippen molar-refractivity contribution in [1.82, 2.24) is 4.90 Å². The molecule has 0 aliphatic rings. The Balaban J connectivity index is 2.45. The van der Waals surface area contributed by atoms with Gasteiger partial charge in [-0.3, -0.25) is 9.69 Å². The van der Waals surface area contributed by atoms with Crippen LogP contribution in [0, 0.1) is 0 Å². The number of sulfone groups is 1. The van der Waals surface area contributed by atoms with Crippen molar-refractivity contribution >= 4 is 37.4 Å². The monoisotopic (exact) mass is 348 g/mol. The molecule has 19 heavy (non-hydrogen) atoms. The van der Waals surface area contributed by atoms with Crippen LogP contribution < -0.4 is 5.32 Å². The number of halogens is 1. The average Bonchev–Trinajstić information content (AvgIpc) is 2.29. The van der Waals surface area contributed by atoms with Crippen LogP contribution in [0.25, 0.3) is 0 Å². The molecule has 5 nitrogen and oxygen atoms in total. The van der Waals surface area contributed by atoms with Gasteiger partial charge in [-0.1, -0.05) is 12.1 Å². The molecule has 0 spiro atoms. The topological polar surface area (TPSA) is 66.5 Å². The van der Waals surface area contributed by atoms with Crippen LogP contribution in [0.3, 0.4) is 0 Å². The first kappa shape index (κ1) is 16.1. The number of carbonyl (C=O) groups is 1. The molecule has 0 aromatic heterocycles. The van der Waals surface area contributed by atoms with Crippen LogP contribution in [-0.4, -0.2) is 51.4 Å². The second-order valence-electron chi connectivity index (χ2n) is 4.40. The number of anilines is 1. The zero-order valence-electron chi connectivity index (χ0n) is 10.9. The molecule has 0 aliphatic heterocycles. The molecule has 1 N–H and O–H groups in total. The first-order chi connectivity index (χ1) is 8.78. The lowest BCUT2D eigenvalue weighted by Crippen LogP contribution is -2.33. The molecule has 0 fully saturated rings. The Morgan fingerprint density at radius 3 is 2.58 bits per heavy atom. The molecule has 0 saturated heterocycles. The molecule has 1 aromatic carbocycles. The first-order valence-corrected chi connectivity index (χ1v) is 8.54. The smallest absolute Gasteiger partial charge is 0.238 e. The largest absolute Gasteiger partial charge is 0.324 e. The lowest BCUT2D eigenvalue weighted by Gasteiger charge is -2.16. The predicted octanol–water partition coefficient (Wildman–Crippen LogP) is 1.36. The van der Waals surface area contributed by atoms with Gasteiger partial charge in [-0.2, -0.15) is 0 Å². The Morgan fingerprint density at radius 1 is 1.37 bits per heavy atom. The molecule has 0 radical (unpaired) electrons. The Kier molecular flexibility index (Phi) is 5.96. The van der Waals surface area contributed by atoms with Crippen LogP contribution in [0.15, 0.2) is 28.7 Å². The number of nitrogens with one attached hydrogen (secondary N) is 1. The summed E-state index contributed by atoms with van der Waals surface area (Å²) in [5.41, 5.74) is 0.698. The van der Waals surface area contributed by atoms with Gasteiger partial charge in [0.1, 0.15) is 9.84 Å². The van der Waals surface area contributed by atoms with Crippen molar-refractivity contribution in [2.75, 3.05) is 37.5 Å². The highest BCUT2D eigenvalue weighted by Gasteiger charge is 2.10. The van der Waals surface area contributed by atoms with E-state index in [-0.39, 0.29) is 18.2 Å². The lowest BCUT2D eigenvalue weighted by molar-refractivity contribution is -0.117. The molecule has 1 rings (SSSR count). The fraction of sp³-hybridized carbons (Fsp3) is 0.417. The Morgan fingerprint density at radius 2 is 2.00 bits per heavy atom. The summed E-state index contributed by atoms with van der Waals surface area (Å²) in [6.45, 7) is 0.485. The molecule has 0 unspecified atom stereocenters. The number of hydrogen-bond acceptors (Lipinski definition) is 4. The number of para-hydroxylation sites is 1. The van der Waals surface area contributed by atoms with E-state index in [1.54, 1.807) is 18.0 Å². The lowest BCUT2D eigenvalue weighted by atomic mass is 10.3. The van der Waals surface area contributed by atoms with E-state index in [1.807, 2.05) is 18.2 Å². The minimum absolute atomic E-state index is 0.0474. The summed E-state index contributed by atoms with van der Waals surface area (Å²) in [6.07, 6.45) is 1.18. The van der Waals surface area contributed by atoms with E-state index in [4.69, 9.17) is 0 Å². The van der Waals surface area contributed by atoms with E-state index in [1.165, 1.54) is 6.26 Å². The number of likely N-dealkylation sites (N-methyl/N-ethyl adjacent to an activating group) is 1. The van der Waals surface area contributed by atoms with Gasteiger partial charge in [0.2, 0.25) is 5.91 Å². The van der Waals surface area contributed by atoms with Crippen LogP contribution in [0.2, 0.25) is 0 Å². The van der Waals surface area contributed by atoms with Crippen LogP contribution in [-0.2, 0) is 14.6 Å². The second-order valence-corrected chi connectivity index (χ2v) is 7.51. The van der Waals surface area contributed by atoms with Crippen molar-refractivity contribution in [3.63, 3.8) is 0 Å². The highest BCUT2D eigenvalue weighted by atomic mass is 79.9. The molecule has 0 atom stereocenters. The minimum atomic E-state index is -3.00. The number of carbonyl (C=O) groups excluding carboxylic acids is 1. The van der Waals surface area contributed by atoms with Crippen LogP contribution >= 0.6 is 15.9 Å². The van der Waals surface area contributed by atoms with Gasteiger partial charge in [-0.25, -0.2) is 8.42 Å². The van der Waals surface area contributed by atoms with E-state index in [9.17, 15) is 13.2 Å². The second kappa shape index (κ2) is 7.02. The maximum atomic E-state index is 11.8. The molecule has 106 valence electrons. The summed E-state index contributed by atoms with van der Waals surface area (Å²) in [4.78, 5) is 13.5. The summed E-state index contributed by atoms with van der Waals surface area (Å²) in [7, 11) is -1.29. The van der Waals surface area contributed by atoms with E-state index in [2.05, 4.69) is 21.2 Å². The number of nitrogens with zero attached hydrogens (tertiary/aromatic N) is 1. The minimum Gasteiger partial charge on any atom is -0.324 e. The molecule has 0 heterocycles. The van der Waals surface area contributed by atoms with E-state index in [0.29, 0.717) is 12.2 Å². The fourth-order valence-corrected chi connectivity index (χ4v) is 2.43. The van der Waals surface area contributed by atoms with Gasteiger partial charge < -0.3 is 5.32 Å². The van der Waals surface area contributed by atoms with E-state index < -0.39 is 9.84 Å². The van der Waals surface area contributed by atoms with Crippen LogP contribution in [0.1, 0.15) is 0 Å². The predicted molar refractivity (Wildman–Crippen MR) is 80.0 cm³/mol. The Hall–Kier alpha value is -0.920. The fourth-order valence-electron chi connectivity index (χ4n) is 1.40. The molecule has 1 amide bonds. The van der Waals surface area contributed by atoms with Crippen LogP contribution in [0.4, 0.5) is 5.69 Å². The van der Waals surface area contributed by atoms with Crippen LogP contribution in [0.5, 0.6) is 0 Å². The number of amides is 1. The Bertz CT molecular complexity index is 546. The van der Waals surface area contributed by atoms with Crippen molar-refractivity contribution in [2.45, 2.75) is 0 Å². The molecule has 0 bridgehead atoms. The van der Waals surface area contributed by atoms with Gasteiger partial charge in [-0.05, 0) is 35.1 Å². The summed E-state index contributed by atoms with van der Waals surface area (Å²) >= 11 is 3.34. The molecular formula is C12H17BrN2O3S. The molecule has 0 aliphatic carbocycles. The van der Waals surface area contributed by atoms with Gasteiger partial charge in [0.05, 0.1) is 18.0 Å². The van der Waals surface area contributed by atoms with Gasteiger partial charge >= 0.3 is 0 Å². The third kappa shape index (κ3) is 6.70. The van der Waals surface area contributed by atoms with Gasteiger partial charge in [0.15, 0.2) is 0 Å². The zero-order chi connectivity index (χ0) is 14.5. The maximum absolute atomic E-state index is 11.8. The zero-order valence-corrected chi connectivity index (χ0v) is 13.3. The van der Waals surface area contributed by atoms with Gasteiger partial charge in [0.25, 0.3) is 0 Å². The Labute approximate surface area is 122 Å². The van der Waals surface area contributed by atoms with E-state index >= 15 is 0 Å². The van der Waals surface area contributed by atoms with Crippen molar-refractivity contribution in [2.24, 2.45) is 0 Å². The third-order valence-corrected chi connectivity index (χ3v) is 4.02. The molecule has 7 heteroatoms. The molecule has 0 saturated carbocycles. The van der Waals surface area contributed by atoms with Gasteiger partial charge in [0, 0.05) is 17.3 Å². The molecular weight excluding hydrogens is 332 g/mol. The number of hydrogen-bond donors (Lipinski definition) is 1. The standard InChI is InChI=1S/C12H17BrN2O3S/c1-15(7-8-19(2,17)18)9-12(16)14-11-6-4-3-5-10(11)13/h3-6H,7-9H2,1-2H3,(H,14,16). The van der Waals surface area contributed by atoms with Crippen molar-refractivity contribution in [1.29, 1.82) is 0 Å². The summed E-state index contributed by atoms with van der Waals surface area (Å²) < 4.78 is 22.9.